The lowest BCUT2D eigenvalue weighted by Gasteiger charge is -2.13. The van der Waals surface area contributed by atoms with E-state index in [1.54, 1.807) is 30.3 Å². The Bertz CT molecular complexity index is 749. The molecular weight excluding hydrogens is 296 g/mol. The predicted molar refractivity (Wildman–Crippen MR) is 84.3 cm³/mol. The molecule has 0 fully saturated rings. The topological polar surface area (TPSA) is 83.8 Å². The van der Waals surface area contributed by atoms with Gasteiger partial charge in [0.1, 0.15) is 6.10 Å². The van der Waals surface area contributed by atoms with Gasteiger partial charge in [-0.2, -0.15) is 0 Å². The summed E-state index contributed by atoms with van der Waals surface area (Å²) in [6.07, 6.45) is -1.42. The van der Waals surface area contributed by atoms with E-state index in [2.05, 4.69) is 6.58 Å². The lowest BCUT2D eigenvalue weighted by Crippen LogP contribution is -2.14. The Kier molecular flexibility index (Phi) is 4.93. The highest BCUT2D eigenvalue weighted by molar-refractivity contribution is 6.03. The SMILES string of the molecule is C=C(C)C(=O)Oc1cccc(C(=O)C(O)c2ccccc2)c1O. The summed E-state index contributed by atoms with van der Waals surface area (Å²) in [7, 11) is 0. The molecular formula is C18H16O5. The summed E-state index contributed by atoms with van der Waals surface area (Å²) in [5.74, 6) is -2.07. The van der Waals surface area contributed by atoms with Crippen LogP contribution in [0.2, 0.25) is 0 Å². The van der Waals surface area contributed by atoms with E-state index in [0.29, 0.717) is 5.56 Å². The zero-order valence-corrected chi connectivity index (χ0v) is 12.5. The molecule has 0 spiro atoms. The van der Waals surface area contributed by atoms with Gasteiger partial charge in [0.2, 0.25) is 0 Å². The number of aliphatic hydroxyl groups is 1. The predicted octanol–water partition coefficient (Wildman–Crippen LogP) is 2.79. The Morgan fingerprint density at radius 3 is 2.35 bits per heavy atom. The highest BCUT2D eigenvalue weighted by Crippen LogP contribution is 2.33. The minimum Gasteiger partial charge on any atom is -0.504 e. The van der Waals surface area contributed by atoms with Gasteiger partial charge in [0.05, 0.1) is 5.56 Å². The average molecular weight is 312 g/mol. The van der Waals surface area contributed by atoms with Gasteiger partial charge in [-0.1, -0.05) is 43.0 Å². The van der Waals surface area contributed by atoms with Crippen molar-refractivity contribution in [2.24, 2.45) is 0 Å². The molecule has 0 amide bonds. The Balaban J connectivity index is 2.31. The molecule has 2 aromatic rings. The van der Waals surface area contributed by atoms with Crippen LogP contribution in [0.4, 0.5) is 0 Å². The second-order valence-electron chi connectivity index (χ2n) is 5.00. The molecule has 0 aromatic heterocycles. The van der Waals surface area contributed by atoms with Gasteiger partial charge in [0.25, 0.3) is 0 Å². The summed E-state index contributed by atoms with van der Waals surface area (Å²) in [5, 5.41) is 20.3. The number of esters is 1. The zero-order chi connectivity index (χ0) is 17.0. The molecule has 0 aliphatic rings. The summed E-state index contributed by atoms with van der Waals surface area (Å²) in [6.45, 7) is 4.91. The molecule has 2 aromatic carbocycles. The largest absolute Gasteiger partial charge is 0.504 e. The summed E-state index contributed by atoms with van der Waals surface area (Å²) in [5.41, 5.74) is 0.431. The summed E-state index contributed by atoms with van der Waals surface area (Å²) in [6, 6.07) is 12.5. The molecule has 118 valence electrons. The molecule has 1 unspecified atom stereocenters. The minimum absolute atomic E-state index is 0.131. The van der Waals surface area contributed by atoms with Gasteiger partial charge in [0.15, 0.2) is 17.3 Å². The van der Waals surface area contributed by atoms with Crippen molar-refractivity contribution in [1.29, 1.82) is 0 Å². The molecule has 0 bridgehead atoms. The van der Waals surface area contributed by atoms with Crippen LogP contribution < -0.4 is 4.74 Å². The number of hydrogen-bond donors (Lipinski definition) is 2. The molecule has 2 rings (SSSR count). The molecule has 0 heterocycles. The third kappa shape index (κ3) is 3.64. The highest BCUT2D eigenvalue weighted by atomic mass is 16.5. The monoisotopic (exact) mass is 312 g/mol. The van der Waals surface area contributed by atoms with Gasteiger partial charge >= 0.3 is 5.97 Å². The van der Waals surface area contributed by atoms with Crippen molar-refractivity contribution in [3.8, 4) is 11.5 Å². The van der Waals surface area contributed by atoms with Crippen LogP contribution in [-0.4, -0.2) is 22.0 Å². The average Bonchev–Trinajstić information content (AvgIpc) is 2.56. The van der Waals surface area contributed by atoms with E-state index in [1.807, 2.05) is 0 Å². The third-order valence-corrected chi connectivity index (χ3v) is 3.18. The fourth-order valence-electron chi connectivity index (χ4n) is 1.92. The number of para-hydroxylation sites is 1. The van der Waals surface area contributed by atoms with Crippen molar-refractivity contribution in [1.82, 2.24) is 0 Å². The van der Waals surface area contributed by atoms with Crippen LogP contribution in [0, 0.1) is 0 Å². The number of carbonyl (C=O) groups is 2. The van der Waals surface area contributed by atoms with E-state index >= 15 is 0 Å². The van der Waals surface area contributed by atoms with Crippen LogP contribution in [0.3, 0.4) is 0 Å². The van der Waals surface area contributed by atoms with Crippen molar-refractivity contribution in [2.75, 3.05) is 0 Å². The van der Waals surface area contributed by atoms with Crippen LogP contribution in [0.5, 0.6) is 11.5 Å². The van der Waals surface area contributed by atoms with Gasteiger partial charge < -0.3 is 14.9 Å². The molecule has 0 saturated carbocycles. The lowest BCUT2D eigenvalue weighted by molar-refractivity contribution is -0.130. The second-order valence-corrected chi connectivity index (χ2v) is 5.00. The maximum Gasteiger partial charge on any atom is 0.338 e. The van der Waals surface area contributed by atoms with Crippen LogP contribution in [0.25, 0.3) is 0 Å². The van der Waals surface area contributed by atoms with Gasteiger partial charge in [-0.05, 0) is 24.6 Å². The van der Waals surface area contributed by atoms with Gasteiger partial charge in [-0.15, -0.1) is 0 Å². The number of phenolic OH excluding ortho intramolecular Hbond substituents is 1. The van der Waals surface area contributed by atoms with Gasteiger partial charge in [0, 0.05) is 5.57 Å². The third-order valence-electron chi connectivity index (χ3n) is 3.18. The molecule has 0 radical (unpaired) electrons. The lowest BCUT2D eigenvalue weighted by atomic mass is 9.99. The molecule has 5 heteroatoms. The molecule has 5 nitrogen and oxygen atoms in total. The number of rotatable bonds is 5. The van der Waals surface area contributed by atoms with E-state index in [0.717, 1.165) is 0 Å². The smallest absolute Gasteiger partial charge is 0.338 e. The maximum absolute atomic E-state index is 12.4. The Hall–Kier alpha value is -2.92. The molecule has 1 atom stereocenters. The fourth-order valence-corrected chi connectivity index (χ4v) is 1.92. The Morgan fingerprint density at radius 1 is 1.09 bits per heavy atom. The number of hydrogen-bond acceptors (Lipinski definition) is 5. The molecule has 0 aliphatic carbocycles. The van der Waals surface area contributed by atoms with E-state index in [9.17, 15) is 19.8 Å². The number of phenols is 1. The zero-order valence-electron chi connectivity index (χ0n) is 12.5. The van der Waals surface area contributed by atoms with Crippen LogP contribution in [-0.2, 0) is 4.79 Å². The first-order valence-electron chi connectivity index (χ1n) is 6.88. The van der Waals surface area contributed by atoms with Gasteiger partial charge in [-0.25, -0.2) is 4.79 Å². The van der Waals surface area contributed by atoms with Crippen molar-refractivity contribution < 1.29 is 24.5 Å². The molecule has 0 saturated heterocycles. The Labute approximate surface area is 133 Å². The van der Waals surface area contributed by atoms with Crippen molar-refractivity contribution in [2.45, 2.75) is 13.0 Å². The number of ketones is 1. The number of carbonyl (C=O) groups excluding carboxylic acids is 2. The van der Waals surface area contributed by atoms with Crippen LogP contribution >= 0.6 is 0 Å². The summed E-state index contributed by atoms with van der Waals surface area (Å²) < 4.78 is 4.96. The number of Topliss-reactive ketones (excluding diaryl/α,β-unsaturated/α-hetero) is 1. The summed E-state index contributed by atoms with van der Waals surface area (Å²) in [4.78, 5) is 23.9. The Morgan fingerprint density at radius 2 is 1.74 bits per heavy atom. The first kappa shape index (κ1) is 16.5. The van der Waals surface area contributed by atoms with Gasteiger partial charge in [-0.3, -0.25) is 4.79 Å². The highest BCUT2D eigenvalue weighted by Gasteiger charge is 2.24. The van der Waals surface area contributed by atoms with Crippen LogP contribution in [0.15, 0.2) is 60.7 Å². The fraction of sp³-hybridized carbons (Fsp3) is 0.111. The van der Waals surface area contributed by atoms with Crippen molar-refractivity contribution in [3.63, 3.8) is 0 Å². The number of aromatic hydroxyl groups is 1. The quantitative estimate of drug-likeness (QED) is 0.384. The van der Waals surface area contributed by atoms with E-state index in [1.165, 1.54) is 25.1 Å². The van der Waals surface area contributed by atoms with E-state index in [4.69, 9.17) is 4.74 Å². The first-order chi connectivity index (χ1) is 10.9. The maximum atomic E-state index is 12.4. The summed E-state index contributed by atoms with van der Waals surface area (Å²) >= 11 is 0. The molecule has 23 heavy (non-hydrogen) atoms. The molecule has 0 aliphatic heterocycles. The van der Waals surface area contributed by atoms with Crippen LogP contribution in [0.1, 0.15) is 28.9 Å². The normalized spacial score (nSPS) is 11.6. The molecule has 2 N–H and O–H groups in total. The van der Waals surface area contributed by atoms with E-state index < -0.39 is 23.6 Å². The van der Waals surface area contributed by atoms with Crippen molar-refractivity contribution >= 4 is 11.8 Å². The standard InChI is InChI=1S/C18H16O5/c1-11(2)18(22)23-14-10-6-9-13(16(14)20)17(21)15(19)12-7-4-3-5-8-12/h3-10,15,19-20H,1H2,2H3. The second kappa shape index (κ2) is 6.89. The van der Waals surface area contributed by atoms with E-state index in [-0.39, 0.29) is 16.9 Å². The minimum atomic E-state index is -1.42. The first-order valence-corrected chi connectivity index (χ1v) is 6.88. The number of aliphatic hydroxyl groups excluding tert-OH is 1. The van der Waals surface area contributed by atoms with Crippen molar-refractivity contribution in [3.05, 3.63) is 71.8 Å². The number of ether oxygens (including phenoxy) is 1. The number of benzene rings is 2.